The van der Waals surface area contributed by atoms with E-state index in [1.807, 2.05) is 12.1 Å². The highest BCUT2D eigenvalue weighted by molar-refractivity contribution is 6.37. The molecule has 4 unspecified atom stereocenters. The predicted octanol–water partition coefficient (Wildman–Crippen LogP) is 14.5. The third kappa shape index (κ3) is 9.96. The first-order valence-corrected chi connectivity index (χ1v) is 26.4. The second kappa shape index (κ2) is 20.6. The Bertz CT molecular complexity index is 2170. The number of benzene rings is 4. The van der Waals surface area contributed by atoms with Crippen molar-refractivity contribution >= 4 is 56.7 Å². The second-order valence-electron chi connectivity index (χ2n) is 21.1. The molecule has 356 valence electrons. The number of carbonyl (C=O) groups is 2. The lowest BCUT2D eigenvalue weighted by Gasteiger charge is -2.41. The lowest BCUT2D eigenvalue weighted by Crippen LogP contribution is -2.45. The first kappa shape index (κ1) is 47.5. The highest BCUT2D eigenvalue weighted by Gasteiger charge is 2.46. The Hall–Kier alpha value is -3.56. The summed E-state index contributed by atoms with van der Waals surface area (Å²) in [4.78, 5) is 28.2. The zero-order valence-corrected chi connectivity index (χ0v) is 41.1. The van der Waals surface area contributed by atoms with Gasteiger partial charge in [-0.25, -0.2) is 0 Å². The van der Waals surface area contributed by atoms with Crippen LogP contribution in [-0.4, -0.2) is 68.3 Å². The molecule has 4 aromatic rings. The van der Waals surface area contributed by atoms with Gasteiger partial charge in [0.1, 0.15) is 11.5 Å². The number of hydrogen-bond acceptors (Lipinski definition) is 6. The number of halogens is 2. The molecule has 2 aliphatic carbocycles. The lowest BCUT2D eigenvalue weighted by molar-refractivity contribution is -0.145. The molecule has 4 bridgehead atoms. The fourth-order valence-corrected chi connectivity index (χ4v) is 14.0. The minimum absolute atomic E-state index is 0.184. The van der Waals surface area contributed by atoms with Crippen molar-refractivity contribution in [2.24, 2.45) is 23.7 Å². The van der Waals surface area contributed by atoms with E-state index in [9.17, 15) is 19.8 Å². The van der Waals surface area contributed by atoms with Gasteiger partial charge in [0, 0.05) is 47.0 Å². The van der Waals surface area contributed by atoms with Crippen LogP contribution in [0.1, 0.15) is 166 Å². The predicted molar refractivity (Wildman–Crippen MR) is 266 cm³/mol. The van der Waals surface area contributed by atoms with E-state index in [4.69, 9.17) is 32.7 Å². The van der Waals surface area contributed by atoms with Gasteiger partial charge >= 0.3 is 11.9 Å². The van der Waals surface area contributed by atoms with Crippen molar-refractivity contribution in [2.45, 2.75) is 192 Å². The van der Waals surface area contributed by atoms with Crippen LogP contribution in [-0.2, 0) is 9.59 Å². The van der Waals surface area contributed by atoms with E-state index < -0.39 is 11.9 Å². The normalized spacial score (nSPS) is 30.9. The Balaban J connectivity index is 0.000000166. The van der Waals surface area contributed by atoms with Crippen LogP contribution in [0.3, 0.4) is 0 Å². The van der Waals surface area contributed by atoms with E-state index >= 15 is 0 Å². The summed E-state index contributed by atoms with van der Waals surface area (Å²) in [5, 5.41) is 24.8. The maximum atomic E-state index is 11.5. The highest BCUT2D eigenvalue weighted by atomic mass is 35.5. The summed E-state index contributed by atoms with van der Waals surface area (Å²) >= 11 is 13.6. The molecule has 66 heavy (non-hydrogen) atoms. The molecule has 0 amide bonds. The Kier molecular flexibility index (Phi) is 14.8. The van der Waals surface area contributed by atoms with Crippen LogP contribution in [0.2, 0.25) is 10.0 Å². The molecular formula is C56H72Cl2N2O6. The summed E-state index contributed by atoms with van der Waals surface area (Å²) < 4.78 is 12.7. The van der Waals surface area contributed by atoms with E-state index in [-0.39, 0.29) is 36.1 Å². The van der Waals surface area contributed by atoms with Gasteiger partial charge in [-0.15, -0.1) is 0 Å². The van der Waals surface area contributed by atoms with Crippen molar-refractivity contribution in [3.8, 4) is 11.5 Å². The topological polar surface area (TPSA) is 99.5 Å². The standard InChI is InChI=1S/2C28H36ClNO3/c2*1-3-18-4-10-24(11-5-18)33-26-13-7-20-14-19(6-12-25(20)27(26)29)17(2)30-22-8-9-23(30)16-21(15-22)28(31)32/h2*6-7,12-14,17-18,21-24H,3-5,8-11,15-16H2,1-2H3,(H,31,32)/t2*17-,18?,21?,22?,23?,24?/m10/s1. The number of hydrogen-bond donors (Lipinski definition) is 2. The van der Waals surface area contributed by atoms with Gasteiger partial charge < -0.3 is 19.7 Å². The summed E-state index contributed by atoms with van der Waals surface area (Å²) in [5.41, 5.74) is 2.55. The van der Waals surface area contributed by atoms with Gasteiger partial charge in [0.05, 0.1) is 34.1 Å². The smallest absolute Gasteiger partial charge is 0.306 e. The molecule has 0 radical (unpaired) electrons. The quantitative estimate of drug-likeness (QED) is 0.145. The van der Waals surface area contributed by atoms with E-state index in [1.54, 1.807) is 0 Å². The largest absolute Gasteiger partial charge is 0.489 e. The molecule has 2 saturated carbocycles. The van der Waals surface area contributed by atoms with Gasteiger partial charge in [0.2, 0.25) is 0 Å². The molecular weight excluding hydrogens is 868 g/mol. The van der Waals surface area contributed by atoms with Crippen LogP contribution >= 0.6 is 23.2 Å². The van der Waals surface area contributed by atoms with Crippen molar-refractivity contribution in [1.29, 1.82) is 0 Å². The third-order valence-corrected chi connectivity index (χ3v) is 18.1. The van der Waals surface area contributed by atoms with E-state index in [0.29, 0.717) is 34.2 Å². The van der Waals surface area contributed by atoms with Gasteiger partial charge in [0.15, 0.2) is 0 Å². The second-order valence-corrected chi connectivity index (χ2v) is 21.8. The van der Waals surface area contributed by atoms with Gasteiger partial charge in [-0.05, 0) is 175 Å². The SMILES string of the molecule is CCC1CCC(Oc2ccc3cc([C@@H](C)N4C5CCC4CC(C(=O)O)C5)ccc3c2Cl)CC1.CCC1CCC(Oc2ccc3cc([C@H](C)N4C5CCC4CC(C(=O)O)C5)ccc3c2Cl)CC1. The number of aliphatic carboxylic acids is 2. The number of carboxylic acids is 2. The van der Waals surface area contributed by atoms with Gasteiger partial charge in [0.25, 0.3) is 0 Å². The number of piperidine rings is 2. The molecule has 4 heterocycles. The zero-order chi connectivity index (χ0) is 46.2. The minimum atomic E-state index is -0.629. The summed E-state index contributed by atoms with van der Waals surface area (Å²) in [7, 11) is 0. The molecule has 8 nitrogen and oxygen atoms in total. The zero-order valence-electron chi connectivity index (χ0n) is 39.6. The van der Waals surface area contributed by atoms with E-state index in [1.165, 1.54) is 49.7 Å². The fraction of sp³-hybridized carbons (Fsp3) is 0.607. The monoisotopic (exact) mass is 938 g/mol. The van der Waals surface area contributed by atoms with Crippen molar-refractivity contribution in [2.75, 3.05) is 0 Å². The maximum Gasteiger partial charge on any atom is 0.306 e. The number of rotatable bonds is 12. The highest BCUT2D eigenvalue weighted by Crippen LogP contribution is 2.47. The van der Waals surface area contributed by atoms with Crippen molar-refractivity contribution in [3.05, 3.63) is 81.8 Å². The van der Waals surface area contributed by atoms with Gasteiger partial charge in [-0.1, -0.05) is 86.3 Å². The minimum Gasteiger partial charge on any atom is -0.489 e. The molecule has 4 saturated heterocycles. The average molecular weight is 940 g/mol. The van der Waals surface area contributed by atoms with Crippen LogP contribution in [0.5, 0.6) is 11.5 Å². The number of ether oxygens (including phenoxy) is 2. The first-order chi connectivity index (χ1) is 31.9. The summed E-state index contributed by atoms with van der Waals surface area (Å²) in [6, 6.07) is 23.5. The lowest BCUT2D eigenvalue weighted by atomic mass is 9.86. The summed E-state index contributed by atoms with van der Waals surface area (Å²) in [5.74, 6) is 1.68. The van der Waals surface area contributed by atoms with Gasteiger partial charge in [-0.3, -0.25) is 19.4 Å². The molecule has 4 aliphatic heterocycles. The molecule has 4 aromatic carbocycles. The third-order valence-electron chi connectivity index (χ3n) is 17.4. The Morgan fingerprint density at radius 1 is 0.545 bits per heavy atom. The van der Waals surface area contributed by atoms with Crippen LogP contribution in [0.4, 0.5) is 0 Å². The molecule has 10 rings (SSSR count). The van der Waals surface area contributed by atoms with Crippen molar-refractivity contribution < 1.29 is 29.3 Å². The Morgan fingerprint density at radius 3 is 1.21 bits per heavy atom. The first-order valence-electron chi connectivity index (χ1n) is 25.7. The molecule has 2 N–H and O–H groups in total. The van der Waals surface area contributed by atoms with E-state index in [0.717, 1.165) is 122 Å². The number of fused-ring (bicyclic) bond motifs is 6. The average Bonchev–Trinajstić information content (AvgIpc) is 3.75. The molecule has 0 spiro atoms. The Morgan fingerprint density at radius 2 is 0.894 bits per heavy atom. The van der Waals surface area contributed by atoms with Gasteiger partial charge in [-0.2, -0.15) is 0 Å². The fourth-order valence-electron chi connectivity index (χ4n) is 13.4. The number of nitrogens with zero attached hydrogens (tertiary/aromatic N) is 2. The molecule has 10 heteroatoms. The Labute approximate surface area is 402 Å². The molecule has 6 atom stereocenters. The molecule has 6 fully saturated rings. The van der Waals surface area contributed by atoms with Crippen LogP contribution in [0.25, 0.3) is 21.5 Å². The van der Waals surface area contributed by atoms with Crippen molar-refractivity contribution in [1.82, 2.24) is 9.80 Å². The molecule has 6 aliphatic rings. The number of carboxylic acid groups (broad SMARTS) is 2. The van der Waals surface area contributed by atoms with Crippen LogP contribution in [0, 0.1) is 23.7 Å². The summed E-state index contributed by atoms with van der Waals surface area (Å²) in [6.45, 7) is 9.09. The van der Waals surface area contributed by atoms with Crippen molar-refractivity contribution in [3.63, 3.8) is 0 Å². The maximum absolute atomic E-state index is 11.5. The summed E-state index contributed by atoms with van der Waals surface area (Å²) in [6.07, 6.45) is 20.1. The van der Waals surface area contributed by atoms with Crippen LogP contribution in [0.15, 0.2) is 60.7 Å². The molecule has 0 aromatic heterocycles. The van der Waals surface area contributed by atoms with E-state index in [2.05, 4.69) is 86.0 Å². The van der Waals surface area contributed by atoms with Crippen LogP contribution < -0.4 is 9.47 Å².